The number of carbonyl (C=O) groups excluding carboxylic acids is 1. The van der Waals surface area contributed by atoms with Crippen LogP contribution in [0.4, 0.5) is 0 Å². The summed E-state index contributed by atoms with van der Waals surface area (Å²) in [4.78, 5) is 11.7. The normalized spacial score (nSPS) is 46.0. The Morgan fingerprint density at radius 2 is 2.08 bits per heavy atom. The van der Waals surface area contributed by atoms with Gasteiger partial charge in [-0.05, 0) is 71.1 Å². The maximum Gasteiger partial charge on any atom is 0.302 e. The number of ether oxygens (including phenoxy) is 2. The molecule has 0 aromatic heterocycles. The summed E-state index contributed by atoms with van der Waals surface area (Å²) in [7, 11) is 0. The minimum absolute atomic E-state index is 0.00321. The molecule has 3 heteroatoms. The summed E-state index contributed by atoms with van der Waals surface area (Å²) in [5, 5.41) is 0. The van der Waals surface area contributed by atoms with Crippen molar-refractivity contribution in [3.05, 3.63) is 23.8 Å². The van der Waals surface area contributed by atoms with E-state index in [2.05, 4.69) is 40.3 Å². The molecule has 1 saturated carbocycles. The van der Waals surface area contributed by atoms with Gasteiger partial charge in [0.2, 0.25) is 0 Å². The summed E-state index contributed by atoms with van der Waals surface area (Å²) >= 11 is 0. The Hall–Kier alpha value is -1.09. The van der Waals surface area contributed by atoms with Crippen LogP contribution >= 0.6 is 0 Å². The van der Waals surface area contributed by atoms with Crippen molar-refractivity contribution in [3.63, 3.8) is 0 Å². The monoisotopic (exact) mass is 346 g/mol. The molecular formula is C22H34O3. The lowest BCUT2D eigenvalue weighted by molar-refractivity contribution is -0.152. The molecule has 140 valence electrons. The van der Waals surface area contributed by atoms with Crippen molar-refractivity contribution < 1.29 is 14.3 Å². The molecule has 6 atom stereocenters. The molecule has 0 amide bonds. The van der Waals surface area contributed by atoms with E-state index < -0.39 is 0 Å². The molecule has 2 fully saturated rings. The van der Waals surface area contributed by atoms with Gasteiger partial charge in [0.05, 0.1) is 11.7 Å². The lowest BCUT2D eigenvalue weighted by Gasteiger charge is -2.37. The van der Waals surface area contributed by atoms with Crippen LogP contribution in [0.1, 0.15) is 73.1 Å². The van der Waals surface area contributed by atoms with Gasteiger partial charge in [-0.25, -0.2) is 0 Å². The molecular weight excluding hydrogens is 312 g/mol. The Balaban J connectivity index is 1.94. The minimum atomic E-state index is -0.169. The largest absolute Gasteiger partial charge is 0.462 e. The Bertz CT molecular complexity index is 592. The first-order valence-electron chi connectivity index (χ1n) is 9.82. The van der Waals surface area contributed by atoms with E-state index >= 15 is 0 Å². The van der Waals surface area contributed by atoms with Gasteiger partial charge in [0.25, 0.3) is 0 Å². The fraction of sp³-hybridized carbons (Fsp3) is 0.773. The third-order valence-electron chi connectivity index (χ3n) is 7.12. The molecule has 0 spiro atoms. The lowest BCUT2D eigenvalue weighted by atomic mass is 9.68. The molecule has 0 aromatic rings. The summed E-state index contributed by atoms with van der Waals surface area (Å²) in [6, 6.07) is 0. The van der Waals surface area contributed by atoms with Crippen LogP contribution in [0.25, 0.3) is 0 Å². The fourth-order valence-electron chi connectivity index (χ4n) is 5.36. The van der Waals surface area contributed by atoms with E-state index in [1.165, 1.54) is 18.1 Å². The first kappa shape index (κ1) is 18.7. The Labute approximate surface area is 152 Å². The van der Waals surface area contributed by atoms with Crippen molar-refractivity contribution >= 4 is 5.97 Å². The number of fused-ring (bicyclic) bond motifs is 2. The highest BCUT2D eigenvalue weighted by molar-refractivity contribution is 5.66. The van der Waals surface area contributed by atoms with Crippen molar-refractivity contribution in [3.8, 4) is 0 Å². The standard InChI is InChI=1S/C22H34O3/c1-14(2)17-12-19(24-16(4)23)21(5)13-20-22(6,25-20)11-7-8-15(3)9-10-18(17)21/h8,17-20H,1,7,9-13H2,2-6H3/b15-8+/t17-,18+,19+,20+,21-,22+/m1/s1. The molecule has 0 N–H and O–H groups in total. The third kappa shape index (κ3) is 3.58. The Morgan fingerprint density at radius 3 is 2.72 bits per heavy atom. The van der Waals surface area contributed by atoms with E-state index in [0.717, 1.165) is 38.5 Å². The van der Waals surface area contributed by atoms with Crippen LogP contribution in [0.2, 0.25) is 0 Å². The number of hydrogen-bond acceptors (Lipinski definition) is 3. The van der Waals surface area contributed by atoms with E-state index in [1.54, 1.807) is 0 Å². The smallest absolute Gasteiger partial charge is 0.302 e. The second-order valence-corrected chi connectivity index (χ2v) is 9.15. The van der Waals surface area contributed by atoms with Gasteiger partial charge >= 0.3 is 5.97 Å². The van der Waals surface area contributed by atoms with E-state index in [-0.39, 0.29) is 29.2 Å². The highest BCUT2D eigenvalue weighted by atomic mass is 16.6. The number of esters is 1. The maximum absolute atomic E-state index is 11.7. The molecule has 0 radical (unpaired) electrons. The van der Waals surface area contributed by atoms with Gasteiger partial charge in [0.1, 0.15) is 6.10 Å². The molecule has 0 bridgehead atoms. The van der Waals surface area contributed by atoms with Gasteiger partial charge in [0.15, 0.2) is 0 Å². The zero-order valence-corrected chi connectivity index (χ0v) is 16.6. The second-order valence-electron chi connectivity index (χ2n) is 9.15. The first-order valence-corrected chi connectivity index (χ1v) is 9.82. The van der Waals surface area contributed by atoms with E-state index in [1.807, 2.05) is 0 Å². The second kappa shape index (κ2) is 6.57. The Kier molecular flexibility index (Phi) is 4.91. The summed E-state index contributed by atoms with van der Waals surface area (Å²) in [6.45, 7) is 14.7. The quantitative estimate of drug-likeness (QED) is 0.392. The summed E-state index contributed by atoms with van der Waals surface area (Å²) in [5.41, 5.74) is 2.65. The predicted octanol–water partition coefficient (Wildman–Crippen LogP) is 5.20. The molecule has 25 heavy (non-hydrogen) atoms. The van der Waals surface area contributed by atoms with Crippen LogP contribution in [-0.2, 0) is 14.3 Å². The average molecular weight is 347 g/mol. The van der Waals surface area contributed by atoms with Gasteiger partial charge in [0, 0.05) is 12.3 Å². The SMILES string of the molecule is C=C(C)[C@H]1C[C@H](OC(C)=O)[C@]2(C)C[C@@H]3O[C@@]3(C)CC/C=C(\C)CC[C@@H]12. The highest BCUT2D eigenvalue weighted by Crippen LogP contribution is 2.59. The number of allylic oxidation sites excluding steroid dienone is 3. The van der Waals surface area contributed by atoms with Crippen molar-refractivity contribution in [1.29, 1.82) is 0 Å². The van der Waals surface area contributed by atoms with Crippen LogP contribution in [-0.4, -0.2) is 23.8 Å². The predicted molar refractivity (Wildman–Crippen MR) is 100 cm³/mol. The zero-order valence-electron chi connectivity index (χ0n) is 16.6. The van der Waals surface area contributed by atoms with Crippen LogP contribution in [0, 0.1) is 17.3 Å². The molecule has 1 heterocycles. The molecule has 3 nitrogen and oxygen atoms in total. The molecule has 1 saturated heterocycles. The zero-order chi connectivity index (χ0) is 18.4. The van der Waals surface area contributed by atoms with Gasteiger partial charge < -0.3 is 9.47 Å². The van der Waals surface area contributed by atoms with E-state index in [0.29, 0.717) is 11.8 Å². The third-order valence-corrected chi connectivity index (χ3v) is 7.12. The van der Waals surface area contributed by atoms with E-state index in [9.17, 15) is 4.79 Å². The summed E-state index contributed by atoms with van der Waals surface area (Å²) in [5.74, 6) is 0.745. The summed E-state index contributed by atoms with van der Waals surface area (Å²) in [6.07, 6.45) is 8.97. The average Bonchev–Trinajstić information content (AvgIpc) is 3.03. The van der Waals surface area contributed by atoms with Gasteiger partial charge in [-0.15, -0.1) is 0 Å². The summed E-state index contributed by atoms with van der Waals surface area (Å²) < 4.78 is 12.0. The fourth-order valence-corrected chi connectivity index (χ4v) is 5.36. The van der Waals surface area contributed by atoms with E-state index in [4.69, 9.17) is 9.47 Å². The molecule has 2 aliphatic carbocycles. The molecule has 3 rings (SSSR count). The molecule has 0 unspecified atom stereocenters. The Morgan fingerprint density at radius 1 is 1.36 bits per heavy atom. The van der Waals surface area contributed by atoms with Gasteiger partial charge in [-0.1, -0.05) is 30.7 Å². The lowest BCUT2D eigenvalue weighted by Crippen LogP contribution is -2.38. The van der Waals surface area contributed by atoms with Crippen molar-refractivity contribution in [1.82, 2.24) is 0 Å². The number of carbonyl (C=O) groups is 1. The topological polar surface area (TPSA) is 38.8 Å². The van der Waals surface area contributed by atoms with Gasteiger partial charge in [-0.3, -0.25) is 4.79 Å². The molecule has 0 aromatic carbocycles. The first-order chi connectivity index (χ1) is 11.7. The number of rotatable bonds is 2. The molecule has 3 aliphatic rings. The molecule has 1 aliphatic heterocycles. The maximum atomic E-state index is 11.7. The highest BCUT2D eigenvalue weighted by Gasteiger charge is 2.60. The van der Waals surface area contributed by atoms with Gasteiger partial charge in [-0.2, -0.15) is 0 Å². The minimum Gasteiger partial charge on any atom is -0.462 e. The number of epoxide rings is 1. The van der Waals surface area contributed by atoms with Crippen LogP contribution in [0.3, 0.4) is 0 Å². The van der Waals surface area contributed by atoms with Crippen LogP contribution in [0.15, 0.2) is 23.8 Å². The number of hydrogen-bond donors (Lipinski definition) is 0. The van der Waals surface area contributed by atoms with Crippen molar-refractivity contribution in [2.45, 2.75) is 91.0 Å². The van der Waals surface area contributed by atoms with Crippen LogP contribution < -0.4 is 0 Å². The van der Waals surface area contributed by atoms with Crippen molar-refractivity contribution in [2.75, 3.05) is 0 Å². The van der Waals surface area contributed by atoms with Crippen molar-refractivity contribution in [2.24, 2.45) is 17.3 Å². The van der Waals surface area contributed by atoms with Crippen LogP contribution in [0.5, 0.6) is 0 Å².